The minimum Gasteiger partial charge on any atom is -0.493 e. The van der Waals surface area contributed by atoms with Gasteiger partial charge in [-0.3, -0.25) is 9.78 Å². The fourth-order valence-corrected chi connectivity index (χ4v) is 3.01. The Kier molecular flexibility index (Phi) is 5.24. The molecule has 0 saturated carbocycles. The lowest BCUT2D eigenvalue weighted by Gasteiger charge is -2.10. The van der Waals surface area contributed by atoms with Crippen molar-refractivity contribution in [2.24, 2.45) is 0 Å². The van der Waals surface area contributed by atoms with Crippen molar-refractivity contribution < 1.29 is 18.5 Å². The highest BCUT2D eigenvalue weighted by atomic mass is 16.5. The molecule has 4 aromatic rings. The van der Waals surface area contributed by atoms with E-state index in [0.29, 0.717) is 35.2 Å². The molecular weight excluding hydrogens is 372 g/mol. The lowest BCUT2D eigenvalue weighted by molar-refractivity contribution is -0.121. The van der Waals surface area contributed by atoms with Crippen LogP contribution in [0, 0.1) is 0 Å². The molecule has 0 radical (unpaired) electrons. The minimum absolute atomic E-state index is 0.131. The Balaban J connectivity index is 1.36. The molecular formula is C21H20N4O4. The van der Waals surface area contributed by atoms with E-state index in [1.807, 2.05) is 31.2 Å². The van der Waals surface area contributed by atoms with Crippen molar-refractivity contribution in [1.82, 2.24) is 20.4 Å². The number of carbonyl (C=O) groups is 1. The highest BCUT2D eigenvalue weighted by Gasteiger charge is 2.17. The lowest BCUT2D eigenvalue weighted by atomic mass is 10.2. The van der Waals surface area contributed by atoms with Gasteiger partial charge in [0.25, 0.3) is 0 Å². The van der Waals surface area contributed by atoms with Crippen LogP contribution < -0.4 is 10.1 Å². The number of para-hydroxylation sites is 1. The predicted octanol–water partition coefficient (Wildman–Crippen LogP) is 3.70. The number of aromatic nitrogens is 3. The number of rotatable bonds is 7. The van der Waals surface area contributed by atoms with Crippen LogP contribution in [0.25, 0.3) is 22.4 Å². The number of pyridine rings is 1. The summed E-state index contributed by atoms with van der Waals surface area (Å²) in [6.45, 7) is 1.87. The summed E-state index contributed by atoms with van der Waals surface area (Å²) in [7, 11) is 1.60. The molecule has 3 heterocycles. The summed E-state index contributed by atoms with van der Waals surface area (Å²) >= 11 is 0. The van der Waals surface area contributed by atoms with Crippen LogP contribution in [-0.4, -0.2) is 28.1 Å². The average molecular weight is 392 g/mol. The number of nitrogens with one attached hydrogen (secondary N) is 1. The Morgan fingerprint density at radius 1 is 1.24 bits per heavy atom. The summed E-state index contributed by atoms with van der Waals surface area (Å²) < 4.78 is 16.4. The first kappa shape index (κ1) is 18.7. The van der Waals surface area contributed by atoms with Gasteiger partial charge in [0.2, 0.25) is 17.6 Å². The van der Waals surface area contributed by atoms with Crippen molar-refractivity contribution in [3.8, 4) is 17.1 Å². The number of furan rings is 1. The van der Waals surface area contributed by atoms with Crippen LogP contribution in [0.15, 0.2) is 57.7 Å². The van der Waals surface area contributed by atoms with Gasteiger partial charge in [-0.25, -0.2) is 0 Å². The van der Waals surface area contributed by atoms with Crippen LogP contribution in [0.4, 0.5) is 0 Å². The SMILES string of the molecule is COc1cccc2cc(C(C)NC(=O)CCc3nc(-c4ccncc4)no3)oc12. The topological polar surface area (TPSA) is 103 Å². The number of methoxy groups -OCH3 is 1. The lowest BCUT2D eigenvalue weighted by Crippen LogP contribution is -2.26. The van der Waals surface area contributed by atoms with Crippen LogP contribution >= 0.6 is 0 Å². The second-order valence-corrected chi connectivity index (χ2v) is 6.56. The van der Waals surface area contributed by atoms with Gasteiger partial charge in [0.15, 0.2) is 11.3 Å². The average Bonchev–Trinajstić information content (AvgIpc) is 3.40. The summed E-state index contributed by atoms with van der Waals surface area (Å²) in [6, 6.07) is 10.9. The van der Waals surface area contributed by atoms with Gasteiger partial charge in [0.05, 0.1) is 13.2 Å². The van der Waals surface area contributed by atoms with Crippen molar-refractivity contribution >= 4 is 16.9 Å². The third-order valence-corrected chi connectivity index (χ3v) is 4.52. The molecule has 1 N–H and O–H groups in total. The summed E-state index contributed by atoms with van der Waals surface area (Å²) in [6.07, 6.45) is 3.90. The van der Waals surface area contributed by atoms with Crippen LogP contribution in [-0.2, 0) is 11.2 Å². The van der Waals surface area contributed by atoms with Crippen molar-refractivity contribution in [1.29, 1.82) is 0 Å². The Morgan fingerprint density at radius 2 is 2.07 bits per heavy atom. The molecule has 0 bridgehead atoms. The van der Waals surface area contributed by atoms with Gasteiger partial charge >= 0.3 is 0 Å². The van der Waals surface area contributed by atoms with Crippen LogP contribution in [0.3, 0.4) is 0 Å². The number of amides is 1. The summed E-state index contributed by atoms with van der Waals surface area (Å²) in [5.41, 5.74) is 1.48. The highest BCUT2D eigenvalue weighted by Crippen LogP contribution is 2.30. The van der Waals surface area contributed by atoms with Gasteiger partial charge in [-0.2, -0.15) is 4.98 Å². The maximum Gasteiger partial charge on any atom is 0.227 e. The van der Waals surface area contributed by atoms with Gasteiger partial charge < -0.3 is 19.0 Å². The molecule has 0 fully saturated rings. The van der Waals surface area contributed by atoms with Crippen molar-refractivity contribution in [3.05, 3.63) is 60.4 Å². The van der Waals surface area contributed by atoms with E-state index in [0.717, 1.165) is 10.9 Å². The van der Waals surface area contributed by atoms with Crippen molar-refractivity contribution in [2.75, 3.05) is 7.11 Å². The number of ether oxygens (including phenoxy) is 1. The third kappa shape index (κ3) is 4.11. The van der Waals surface area contributed by atoms with E-state index in [1.165, 1.54) is 0 Å². The highest BCUT2D eigenvalue weighted by molar-refractivity contribution is 5.84. The van der Waals surface area contributed by atoms with E-state index in [4.69, 9.17) is 13.7 Å². The fourth-order valence-electron chi connectivity index (χ4n) is 3.01. The Morgan fingerprint density at radius 3 is 2.86 bits per heavy atom. The van der Waals surface area contributed by atoms with Crippen LogP contribution in [0.5, 0.6) is 5.75 Å². The molecule has 4 rings (SSSR count). The second-order valence-electron chi connectivity index (χ2n) is 6.56. The van der Waals surface area contributed by atoms with Crippen molar-refractivity contribution in [3.63, 3.8) is 0 Å². The molecule has 0 aliphatic heterocycles. The molecule has 29 heavy (non-hydrogen) atoms. The zero-order chi connectivity index (χ0) is 20.2. The van der Waals surface area contributed by atoms with E-state index in [-0.39, 0.29) is 18.4 Å². The Hall–Kier alpha value is -3.68. The van der Waals surface area contributed by atoms with Crippen LogP contribution in [0.2, 0.25) is 0 Å². The quantitative estimate of drug-likeness (QED) is 0.511. The normalized spacial score (nSPS) is 12.1. The van der Waals surface area contributed by atoms with Gasteiger partial charge in [0.1, 0.15) is 5.76 Å². The number of nitrogens with zero attached hydrogens (tertiary/aromatic N) is 3. The molecule has 8 nitrogen and oxygen atoms in total. The van der Waals surface area contributed by atoms with E-state index in [2.05, 4.69) is 20.4 Å². The zero-order valence-corrected chi connectivity index (χ0v) is 16.1. The minimum atomic E-state index is -0.283. The monoisotopic (exact) mass is 392 g/mol. The maximum absolute atomic E-state index is 12.3. The predicted molar refractivity (Wildman–Crippen MR) is 105 cm³/mol. The molecule has 8 heteroatoms. The summed E-state index contributed by atoms with van der Waals surface area (Å²) in [4.78, 5) is 20.6. The molecule has 1 amide bonds. The number of aryl methyl sites for hydroxylation is 1. The number of hydrogen-bond acceptors (Lipinski definition) is 7. The van der Waals surface area contributed by atoms with E-state index >= 15 is 0 Å². The Bertz CT molecular complexity index is 1120. The number of hydrogen-bond donors (Lipinski definition) is 1. The first-order chi connectivity index (χ1) is 14.1. The van der Waals surface area contributed by atoms with Gasteiger partial charge in [-0.15, -0.1) is 0 Å². The van der Waals surface area contributed by atoms with E-state index in [1.54, 1.807) is 31.6 Å². The fraction of sp³-hybridized carbons (Fsp3) is 0.238. The molecule has 0 saturated heterocycles. The van der Waals surface area contributed by atoms with Gasteiger partial charge in [-0.1, -0.05) is 17.3 Å². The standard InChI is InChI=1S/C21H20N4O4/c1-13(17-12-15-4-3-5-16(27-2)20(15)28-17)23-18(26)6-7-19-24-21(25-29-19)14-8-10-22-11-9-14/h3-5,8-13H,6-7H2,1-2H3,(H,23,26). The van der Waals surface area contributed by atoms with Crippen molar-refractivity contribution in [2.45, 2.75) is 25.8 Å². The maximum atomic E-state index is 12.3. The molecule has 0 aliphatic carbocycles. The van der Waals surface area contributed by atoms with Gasteiger partial charge in [0, 0.05) is 36.2 Å². The molecule has 0 spiro atoms. The third-order valence-electron chi connectivity index (χ3n) is 4.52. The molecule has 3 aromatic heterocycles. The first-order valence-electron chi connectivity index (χ1n) is 9.23. The molecule has 0 aliphatic rings. The van der Waals surface area contributed by atoms with Crippen LogP contribution in [0.1, 0.15) is 31.0 Å². The first-order valence-corrected chi connectivity index (χ1v) is 9.23. The second kappa shape index (κ2) is 8.14. The number of benzene rings is 1. The van der Waals surface area contributed by atoms with E-state index < -0.39 is 0 Å². The Labute approximate surface area is 166 Å². The van der Waals surface area contributed by atoms with Gasteiger partial charge in [-0.05, 0) is 31.2 Å². The largest absolute Gasteiger partial charge is 0.493 e. The molecule has 1 unspecified atom stereocenters. The smallest absolute Gasteiger partial charge is 0.227 e. The van der Waals surface area contributed by atoms with E-state index in [9.17, 15) is 4.79 Å². The number of fused-ring (bicyclic) bond motifs is 1. The summed E-state index contributed by atoms with van der Waals surface area (Å²) in [5.74, 6) is 2.08. The number of carbonyl (C=O) groups excluding carboxylic acids is 1. The zero-order valence-electron chi connectivity index (χ0n) is 16.1. The molecule has 1 atom stereocenters. The summed E-state index contributed by atoms with van der Waals surface area (Å²) in [5, 5.41) is 7.80. The molecule has 148 valence electrons. The molecule has 1 aromatic carbocycles.